The van der Waals surface area contributed by atoms with Crippen LogP contribution in [0.5, 0.6) is 0 Å². The van der Waals surface area contributed by atoms with E-state index in [1.807, 2.05) is 7.05 Å². The predicted octanol–water partition coefficient (Wildman–Crippen LogP) is 1.68. The molecular formula is C14H24N2O. The lowest BCUT2D eigenvalue weighted by molar-refractivity contribution is 0.189. The highest BCUT2D eigenvalue weighted by molar-refractivity contribution is 5.63. The molecule has 0 amide bonds. The molecule has 1 aromatic rings. The highest BCUT2D eigenvalue weighted by atomic mass is 16.3. The van der Waals surface area contributed by atoms with E-state index in [1.54, 1.807) is 0 Å². The second-order valence-corrected chi connectivity index (χ2v) is 4.88. The summed E-state index contributed by atoms with van der Waals surface area (Å²) in [5.41, 5.74) is 11.8. The molecular weight excluding hydrogens is 212 g/mol. The van der Waals surface area contributed by atoms with Crippen LogP contribution in [0.2, 0.25) is 0 Å². The van der Waals surface area contributed by atoms with Crippen molar-refractivity contribution in [1.82, 2.24) is 0 Å². The normalized spacial score (nSPS) is 12.6. The molecule has 0 aromatic heterocycles. The first-order valence-corrected chi connectivity index (χ1v) is 6.05. The van der Waals surface area contributed by atoms with Gasteiger partial charge in [0.2, 0.25) is 0 Å². The van der Waals surface area contributed by atoms with Crippen molar-refractivity contribution in [2.24, 2.45) is 5.73 Å². The van der Waals surface area contributed by atoms with Crippen LogP contribution in [0.1, 0.15) is 22.3 Å². The number of aliphatic hydroxyl groups excluding tert-OH is 1. The molecule has 0 aliphatic rings. The third-order valence-electron chi connectivity index (χ3n) is 3.46. The van der Waals surface area contributed by atoms with E-state index >= 15 is 0 Å². The van der Waals surface area contributed by atoms with E-state index in [0.717, 1.165) is 0 Å². The van der Waals surface area contributed by atoms with Crippen LogP contribution in [0.25, 0.3) is 0 Å². The van der Waals surface area contributed by atoms with Crippen LogP contribution in [0.15, 0.2) is 6.07 Å². The molecule has 17 heavy (non-hydrogen) atoms. The Morgan fingerprint density at radius 3 is 2.06 bits per heavy atom. The molecule has 0 saturated carbocycles. The van der Waals surface area contributed by atoms with E-state index in [0.29, 0.717) is 13.1 Å². The van der Waals surface area contributed by atoms with Crippen molar-refractivity contribution in [3.8, 4) is 0 Å². The van der Waals surface area contributed by atoms with Crippen molar-refractivity contribution in [1.29, 1.82) is 0 Å². The fourth-order valence-electron chi connectivity index (χ4n) is 2.25. The number of hydrogen-bond acceptors (Lipinski definition) is 3. The fraction of sp³-hybridized carbons (Fsp3) is 0.571. The summed E-state index contributed by atoms with van der Waals surface area (Å²) in [4.78, 5) is 2.10. The Morgan fingerprint density at radius 2 is 1.65 bits per heavy atom. The summed E-state index contributed by atoms with van der Waals surface area (Å²) in [5.74, 6) is 0. The van der Waals surface area contributed by atoms with Crippen molar-refractivity contribution in [2.45, 2.75) is 33.8 Å². The van der Waals surface area contributed by atoms with E-state index in [9.17, 15) is 5.11 Å². The number of nitrogens with zero attached hydrogens (tertiary/aromatic N) is 1. The molecule has 3 nitrogen and oxygen atoms in total. The van der Waals surface area contributed by atoms with E-state index in [2.05, 4.69) is 38.7 Å². The lowest BCUT2D eigenvalue weighted by atomic mass is 9.98. The standard InChI is InChI=1S/C14H24N2O/c1-9-6-10(2)12(4)14(11(9)3)16(5)8-13(17)7-15/h6,13,17H,7-8,15H2,1-5H3. The van der Waals surface area contributed by atoms with Gasteiger partial charge in [-0.05, 0) is 49.9 Å². The fourth-order valence-corrected chi connectivity index (χ4v) is 2.25. The van der Waals surface area contributed by atoms with Gasteiger partial charge in [-0.1, -0.05) is 6.07 Å². The summed E-state index contributed by atoms with van der Waals surface area (Å²) in [6.45, 7) is 9.37. The Labute approximate surface area is 104 Å². The first kappa shape index (κ1) is 14.0. The minimum absolute atomic E-state index is 0.299. The Bertz CT molecular complexity index is 375. The lowest BCUT2D eigenvalue weighted by Crippen LogP contribution is -2.34. The second-order valence-electron chi connectivity index (χ2n) is 4.88. The molecule has 0 aliphatic heterocycles. The van der Waals surface area contributed by atoms with Gasteiger partial charge in [0.05, 0.1) is 6.10 Å². The second kappa shape index (κ2) is 5.52. The number of nitrogens with two attached hydrogens (primary N) is 1. The zero-order chi connectivity index (χ0) is 13.2. The number of benzene rings is 1. The molecule has 0 radical (unpaired) electrons. The van der Waals surface area contributed by atoms with Gasteiger partial charge in [0.1, 0.15) is 0 Å². The first-order valence-electron chi connectivity index (χ1n) is 6.05. The molecule has 1 aromatic carbocycles. The molecule has 1 rings (SSSR count). The summed E-state index contributed by atoms with van der Waals surface area (Å²) in [7, 11) is 2.01. The predicted molar refractivity (Wildman–Crippen MR) is 73.7 cm³/mol. The average Bonchev–Trinajstić information content (AvgIpc) is 2.26. The summed E-state index contributed by atoms with van der Waals surface area (Å²) in [6.07, 6.45) is -0.473. The summed E-state index contributed by atoms with van der Waals surface area (Å²) >= 11 is 0. The maximum atomic E-state index is 9.64. The molecule has 0 saturated heterocycles. The summed E-state index contributed by atoms with van der Waals surface area (Å²) in [5, 5.41) is 9.64. The number of rotatable bonds is 4. The topological polar surface area (TPSA) is 49.5 Å². The van der Waals surface area contributed by atoms with Gasteiger partial charge in [-0.15, -0.1) is 0 Å². The number of aryl methyl sites for hydroxylation is 2. The van der Waals surface area contributed by atoms with Gasteiger partial charge in [-0.2, -0.15) is 0 Å². The Kier molecular flexibility index (Phi) is 4.54. The highest BCUT2D eigenvalue weighted by Crippen LogP contribution is 2.29. The van der Waals surface area contributed by atoms with Crippen LogP contribution in [0.3, 0.4) is 0 Å². The molecule has 0 heterocycles. The number of anilines is 1. The maximum Gasteiger partial charge on any atom is 0.0836 e. The van der Waals surface area contributed by atoms with Crippen molar-refractivity contribution < 1.29 is 5.11 Å². The van der Waals surface area contributed by atoms with Crippen LogP contribution in [-0.2, 0) is 0 Å². The van der Waals surface area contributed by atoms with Gasteiger partial charge < -0.3 is 15.7 Å². The minimum Gasteiger partial charge on any atom is -0.390 e. The third-order valence-corrected chi connectivity index (χ3v) is 3.46. The Balaban J connectivity index is 3.12. The zero-order valence-corrected chi connectivity index (χ0v) is 11.5. The van der Waals surface area contributed by atoms with Gasteiger partial charge >= 0.3 is 0 Å². The number of likely N-dealkylation sites (N-methyl/N-ethyl adjacent to an activating group) is 1. The molecule has 0 spiro atoms. The van der Waals surface area contributed by atoms with Gasteiger partial charge in [-0.25, -0.2) is 0 Å². The largest absolute Gasteiger partial charge is 0.390 e. The smallest absolute Gasteiger partial charge is 0.0836 e. The monoisotopic (exact) mass is 236 g/mol. The maximum absolute atomic E-state index is 9.64. The van der Waals surface area contributed by atoms with Gasteiger partial charge in [-0.3, -0.25) is 0 Å². The van der Waals surface area contributed by atoms with Crippen molar-refractivity contribution in [3.63, 3.8) is 0 Å². The summed E-state index contributed by atoms with van der Waals surface area (Å²) in [6, 6.07) is 2.21. The van der Waals surface area contributed by atoms with Crippen LogP contribution >= 0.6 is 0 Å². The molecule has 1 unspecified atom stereocenters. The van der Waals surface area contributed by atoms with E-state index in [4.69, 9.17) is 5.73 Å². The quantitative estimate of drug-likeness (QED) is 0.836. The van der Waals surface area contributed by atoms with E-state index in [-0.39, 0.29) is 0 Å². The third kappa shape index (κ3) is 2.99. The number of aliphatic hydroxyl groups is 1. The van der Waals surface area contributed by atoms with Gasteiger partial charge in [0, 0.05) is 25.8 Å². The molecule has 0 fully saturated rings. The lowest BCUT2D eigenvalue weighted by Gasteiger charge is -2.27. The van der Waals surface area contributed by atoms with Crippen LogP contribution in [0.4, 0.5) is 5.69 Å². The van der Waals surface area contributed by atoms with E-state index in [1.165, 1.54) is 27.9 Å². The van der Waals surface area contributed by atoms with Gasteiger partial charge in [0.15, 0.2) is 0 Å². The SMILES string of the molecule is Cc1cc(C)c(C)c(N(C)CC(O)CN)c1C. The number of hydrogen-bond donors (Lipinski definition) is 2. The van der Waals surface area contributed by atoms with Crippen molar-refractivity contribution in [2.75, 3.05) is 25.0 Å². The highest BCUT2D eigenvalue weighted by Gasteiger charge is 2.14. The average molecular weight is 236 g/mol. The van der Waals surface area contributed by atoms with Crippen molar-refractivity contribution >= 4 is 5.69 Å². The zero-order valence-electron chi connectivity index (χ0n) is 11.5. The van der Waals surface area contributed by atoms with Crippen LogP contribution in [0, 0.1) is 27.7 Å². The van der Waals surface area contributed by atoms with Crippen LogP contribution in [-0.4, -0.2) is 31.3 Å². The molecule has 0 bridgehead atoms. The van der Waals surface area contributed by atoms with Crippen molar-refractivity contribution in [3.05, 3.63) is 28.3 Å². The molecule has 96 valence electrons. The summed E-state index contributed by atoms with van der Waals surface area (Å²) < 4.78 is 0. The van der Waals surface area contributed by atoms with Gasteiger partial charge in [0.25, 0.3) is 0 Å². The Morgan fingerprint density at radius 1 is 1.18 bits per heavy atom. The van der Waals surface area contributed by atoms with Crippen LogP contribution < -0.4 is 10.6 Å². The molecule has 1 atom stereocenters. The molecule has 3 heteroatoms. The Hall–Kier alpha value is -1.06. The first-order chi connectivity index (χ1) is 7.88. The molecule has 0 aliphatic carbocycles. The minimum atomic E-state index is -0.473. The molecule has 3 N–H and O–H groups in total. The van der Waals surface area contributed by atoms with E-state index < -0.39 is 6.10 Å².